The number of hydrogen-bond donors (Lipinski definition) is 0. The Morgan fingerprint density at radius 3 is 2.21 bits per heavy atom. The molecule has 0 saturated heterocycles. The maximum Gasteiger partial charge on any atom is 0.344 e. The minimum absolute atomic E-state index is 0.198. The highest BCUT2D eigenvalue weighted by molar-refractivity contribution is 6.04. The Labute approximate surface area is 168 Å². The van der Waals surface area contributed by atoms with Crippen molar-refractivity contribution >= 4 is 22.7 Å². The normalized spacial score (nSPS) is 11.3. The molecule has 6 nitrogen and oxygen atoms in total. The van der Waals surface area contributed by atoms with Crippen LogP contribution in [0.2, 0.25) is 0 Å². The standard InChI is InChI=1S/C23H23NO5/c1-15-9-11-16(12-10-15)24-13-19(17-7-5-6-8-18(17)21(24)26)22(27)28-14-20(25)29-23(2,3)4/h5-13H,14H2,1-4H3. The number of hydrogen-bond acceptors (Lipinski definition) is 5. The van der Waals surface area contributed by atoms with Gasteiger partial charge in [0.2, 0.25) is 0 Å². The highest BCUT2D eigenvalue weighted by Crippen LogP contribution is 2.19. The molecular formula is C23H23NO5. The fraction of sp³-hybridized carbons (Fsp3) is 0.261. The fourth-order valence-corrected chi connectivity index (χ4v) is 2.92. The second kappa shape index (κ2) is 7.91. The van der Waals surface area contributed by atoms with E-state index in [4.69, 9.17) is 9.47 Å². The first-order chi connectivity index (χ1) is 13.7. The van der Waals surface area contributed by atoms with E-state index in [1.165, 1.54) is 10.8 Å². The number of aromatic nitrogens is 1. The molecule has 1 heterocycles. The molecule has 0 fully saturated rings. The molecule has 0 aliphatic rings. The van der Waals surface area contributed by atoms with Gasteiger partial charge in [-0.1, -0.05) is 35.9 Å². The summed E-state index contributed by atoms with van der Waals surface area (Å²) in [6.07, 6.45) is 1.45. The molecule has 0 atom stereocenters. The number of pyridine rings is 1. The third-order valence-electron chi connectivity index (χ3n) is 4.20. The van der Waals surface area contributed by atoms with E-state index in [1.807, 2.05) is 19.1 Å². The molecule has 6 heteroatoms. The lowest BCUT2D eigenvalue weighted by atomic mass is 10.1. The third kappa shape index (κ3) is 4.71. The predicted molar refractivity (Wildman–Crippen MR) is 110 cm³/mol. The van der Waals surface area contributed by atoms with Crippen LogP contribution in [0.3, 0.4) is 0 Å². The van der Waals surface area contributed by atoms with Gasteiger partial charge in [0, 0.05) is 22.7 Å². The van der Waals surface area contributed by atoms with Crippen molar-refractivity contribution in [2.24, 2.45) is 0 Å². The number of ether oxygens (including phenoxy) is 2. The Bertz CT molecular complexity index is 1120. The number of nitrogens with zero attached hydrogens (tertiary/aromatic N) is 1. The molecule has 0 amide bonds. The van der Waals surface area contributed by atoms with Crippen molar-refractivity contribution in [3.8, 4) is 5.69 Å². The summed E-state index contributed by atoms with van der Waals surface area (Å²) in [6, 6.07) is 14.2. The molecule has 3 rings (SSSR count). The number of carbonyl (C=O) groups is 2. The second-order valence-electron chi connectivity index (χ2n) is 7.76. The van der Waals surface area contributed by atoms with Gasteiger partial charge in [0.15, 0.2) is 6.61 Å². The van der Waals surface area contributed by atoms with Crippen LogP contribution >= 0.6 is 0 Å². The van der Waals surface area contributed by atoms with E-state index in [9.17, 15) is 14.4 Å². The number of esters is 2. The average Bonchev–Trinajstić information content (AvgIpc) is 2.66. The Kier molecular flexibility index (Phi) is 5.55. The smallest absolute Gasteiger partial charge is 0.344 e. The van der Waals surface area contributed by atoms with Crippen molar-refractivity contribution < 1.29 is 19.1 Å². The molecule has 0 saturated carbocycles. The van der Waals surface area contributed by atoms with Crippen LogP contribution in [-0.4, -0.2) is 28.7 Å². The highest BCUT2D eigenvalue weighted by Gasteiger charge is 2.20. The van der Waals surface area contributed by atoms with E-state index in [1.54, 1.807) is 57.2 Å². The first kappa shape index (κ1) is 20.3. The molecule has 150 valence electrons. The first-order valence-electron chi connectivity index (χ1n) is 9.26. The quantitative estimate of drug-likeness (QED) is 0.631. The van der Waals surface area contributed by atoms with Gasteiger partial charge in [-0.05, 0) is 45.9 Å². The van der Waals surface area contributed by atoms with Crippen molar-refractivity contribution in [2.45, 2.75) is 33.3 Å². The van der Waals surface area contributed by atoms with Crippen LogP contribution in [0.4, 0.5) is 0 Å². The van der Waals surface area contributed by atoms with Gasteiger partial charge >= 0.3 is 11.9 Å². The van der Waals surface area contributed by atoms with Crippen LogP contribution < -0.4 is 5.56 Å². The monoisotopic (exact) mass is 393 g/mol. The van der Waals surface area contributed by atoms with E-state index < -0.39 is 24.1 Å². The number of fused-ring (bicyclic) bond motifs is 1. The summed E-state index contributed by atoms with van der Waals surface area (Å²) < 4.78 is 11.7. The molecule has 1 aromatic heterocycles. The van der Waals surface area contributed by atoms with Crippen molar-refractivity contribution in [1.29, 1.82) is 0 Å². The zero-order chi connectivity index (χ0) is 21.2. The highest BCUT2D eigenvalue weighted by atomic mass is 16.6. The summed E-state index contributed by atoms with van der Waals surface area (Å²) in [5.74, 6) is -1.34. The first-order valence-corrected chi connectivity index (χ1v) is 9.26. The fourth-order valence-electron chi connectivity index (χ4n) is 2.92. The van der Waals surface area contributed by atoms with E-state index in [2.05, 4.69) is 0 Å². The molecule has 0 bridgehead atoms. The molecule has 3 aromatic rings. The SMILES string of the molecule is Cc1ccc(-n2cc(C(=O)OCC(=O)OC(C)(C)C)c3ccccc3c2=O)cc1. The van der Waals surface area contributed by atoms with Crippen LogP contribution in [0.25, 0.3) is 16.5 Å². The minimum atomic E-state index is -0.701. The summed E-state index contributed by atoms with van der Waals surface area (Å²) >= 11 is 0. The summed E-state index contributed by atoms with van der Waals surface area (Å²) in [4.78, 5) is 37.6. The summed E-state index contributed by atoms with van der Waals surface area (Å²) in [5, 5.41) is 0.856. The molecule has 0 spiro atoms. The Morgan fingerprint density at radius 2 is 1.59 bits per heavy atom. The molecule has 2 aromatic carbocycles. The molecule has 0 radical (unpaired) electrons. The molecule has 29 heavy (non-hydrogen) atoms. The lowest BCUT2D eigenvalue weighted by molar-refractivity contribution is -0.158. The maximum absolute atomic E-state index is 12.9. The maximum atomic E-state index is 12.9. The lowest BCUT2D eigenvalue weighted by Crippen LogP contribution is -2.28. The van der Waals surface area contributed by atoms with E-state index in [0.717, 1.165) is 5.56 Å². The Balaban J connectivity index is 1.99. The summed E-state index contributed by atoms with van der Waals surface area (Å²) in [6.45, 7) is 6.65. The van der Waals surface area contributed by atoms with Crippen LogP contribution in [0.5, 0.6) is 0 Å². The van der Waals surface area contributed by atoms with Crippen molar-refractivity contribution in [2.75, 3.05) is 6.61 Å². The van der Waals surface area contributed by atoms with Crippen LogP contribution in [-0.2, 0) is 14.3 Å². The zero-order valence-electron chi connectivity index (χ0n) is 16.9. The predicted octanol–water partition coefficient (Wildman–Crippen LogP) is 3.80. The lowest BCUT2D eigenvalue weighted by Gasteiger charge is -2.19. The molecule has 0 N–H and O–H groups in total. The Hall–Kier alpha value is -3.41. The Morgan fingerprint density at radius 1 is 0.966 bits per heavy atom. The zero-order valence-corrected chi connectivity index (χ0v) is 16.9. The van der Waals surface area contributed by atoms with Gasteiger partial charge < -0.3 is 9.47 Å². The van der Waals surface area contributed by atoms with Gasteiger partial charge in [-0.3, -0.25) is 9.36 Å². The van der Waals surface area contributed by atoms with Crippen molar-refractivity contribution in [1.82, 2.24) is 4.57 Å². The van der Waals surface area contributed by atoms with E-state index >= 15 is 0 Å². The van der Waals surface area contributed by atoms with Gasteiger partial charge in [-0.25, -0.2) is 9.59 Å². The number of benzene rings is 2. The molecule has 0 unspecified atom stereocenters. The van der Waals surface area contributed by atoms with E-state index in [0.29, 0.717) is 16.5 Å². The van der Waals surface area contributed by atoms with Gasteiger partial charge in [-0.15, -0.1) is 0 Å². The third-order valence-corrected chi connectivity index (χ3v) is 4.20. The van der Waals surface area contributed by atoms with Crippen molar-refractivity contribution in [3.05, 3.63) is 76.2 Å². The topological polar surface area (TPSA) is 74.6 Å². The number of rotatable bonds is 4. The second-order valence-corrected chi connectivity index (χ2v) is 7.76. The minimum Gasteiger partial charge on any atom is -0.457 e. The number of carbonyl (C=O) groups excluding carboxylic acids is 2. The molecular weight excluding hydrogens is 370 g/mol. The average molecular weight is 393 g/mol. The largest absolute Gasteiger partial charge is 0.457 e. The van der Waals surface area contributed by atoms with E-state index in [-0.39, 0.29) is 11.1 Å². The van der Waals surface area contributed by atoms with Crippen molar-refractivity contribution in [3.63, 3.8) is 0 Å². The van der Waals surface area contributed by atoms with Crippen LogP contribution in [0.1, 0.15) is 36.7 Å². The molecule has 0 aliphatic heterocycles. The summed E-state index contributed by atoms with van der Waals surface area (Å²) in [7, 11) is 0. The summed E-state index contributed by atoms with van der Waals surface area (Å²) in [5.41, 5.74) is 0.971. The van der Waals surface area contributed by atoms with Gasteiger partial charge in [0.25, 0.3) is 5.56 Å². The molecule has 0 aliphatic carbocycles. The van der Waals surface area contributed by atoms with Gasteiger partial charge in [0.1, 0.15) is 5.60 Å². The van der Waals surface area contributed by atoms with Crippen LogP contribution in [0.15, 0.2) is 59.5 Å². The van der Waals surface area contributed by atoms with Crippen LogP contribution in [0, 0.1) is 6.92 Å². The van der Waals surface area contributed by atoms with Gasteiger partial charge in [-0.2, -0.15) is 0 Å². The van der Waals surface area contributed by atoms with Gasteiger partial charge in [0.05, 0.1) is 5.56 Å². The number of aryl methyl sites for hydroxylation is 1.